The van der Waals surface area contributed by atoms with Gasteiger partial charge in [-0.1, -0.05) is 0 Å². The number of likely N-dealkylation sites (N-methyl/N-ethyl adjacent to an activating group) is 1. The Morgan fingerprint density at radius 2 is 2.26 bits per heavy atom. The van der Waals surface area contributed by atoms with E-state index in [1.807, 2.05) is 11.9 Å². The molecule has 0 aromatic rings. The van der Waals surface area contributed by atoms with Crippen LogP contribution >= 0.6 is 0 Å². The van der Waals surface area contributed by atoms with Gasteiger partial charge >= 0.3 is 0 Å². The Morgan fingerprint density at radius 1 is 1.47 bits per heavy atom. The number of hydrogen-bond acceptors (Lipinski definition) is 4. The van der Waals surface area contributed by atoms with Crippen LogP contribution in [-0.4, -0.2) is 49.9 Å². The summed E-state index contributed by atoms with van der Waals surface area (Å²) in [6.07, 6.45) is 3.35. The van der Waals surface area contributed by atoms with Gasteiger partial charge in [-0.3, -0.25) is 10.2 Å². The highest BCUT2D eigenvalue weighted by Crippen LogP contribution is 2.19. The standard InChI is InChI=1S/C13H23N5O/c1-15-13-10(5-6-11(19)17-13)12(14)18(2)9-4-3-7-16-8-9/h9,14-16H,3-8H2,1-2H3,(H,17,19)/t9-/m0/s1. The molecule has 106 valence electrons. The van der Waals surface area contributed by atoms with Gasteiger partial charge in [-0.2, -0.15) is 0 Å². The van der Waals surface area contributed by atoms with Crippen molar-refractivity contribution in [2.24, 2.45) is 0 Å². The monoisotopic (exact) mass is 265 g/mol. The molecule has 19 heavy (non-hydrogen) atoms. The van der Waals surface area contributed by atoms with Gasteiger partial charge in [0.05, 0.1) is 0 Å². The van der Waals surface area contributed by atoms with Crippen LogP contribution in [0, 0.1) is 5.41 Å². The molecule has 0 radical (unpaired) electrons. The van der Waals surface area contributed by atoms with E-state index in [-0.39, 0.29) is 5.91 Å². The number of nitrogens with zero attached hydrogens (tertiary/aromatic N) is 1. The zero-order chi connectivity index (χ0) is 13.8. The summed E-state index contributed by atoms with van der Waals surface area (Å²) < 4.78 is 0. The van der Waals surface area contributed by atoms with Gasteiger partial charge in [-0.25, -0.2) is 0 Å². The molecule has 0 spiro atoms. The third-order valence-electron chi connectivity index (χ3n) is 3.88. The van der Waals surface area contributed by atoms with Crippen molar-refractivity contribution in [2.45, 2.75) is 31.7 Å². The molecule has 0 aromatic heterocycles. The molecule has 1 atom stereocenters. The highest BCUT2D eigenvalue weighted by atomic mass is 16.1. The van der Waals surface area contributed by atoms with Crippen LogP contribution in [0.25, 0.3) is 0 Å². The first kappa shape index (κ1) is 13.9. The van der Waals surface area contributed by atoms with Crippen molar-refractivity contribution >= 4 is 11.7 Å². The van der Waals surface area contributed by atoms with E-state index in [0.717, 1.165) is 31.5 Å². The fourth-order valence-corrected chi connectivity index (χ4v) is 2.65. The highest BCUT2D eigenvalue weighted by molar-refractivity contribution is 5.99. The fourth-order valence-electron chi connectivity index (χ4n) is 2.65. The van der Waals surface area contributed by atoms with Crippen LogP contribution in [-0.2, 0) is 4.79 Å². The summed E-state index contributed by atoms with van der Waals surface area (Å²) in [5, 5.41) is 17.5. The number of hydrogen-bond donors (Lipinski definition) is 4. The Balaban J connectivity index is 2.10. The van der Waals surface area contributed by atoms with Crippen LogP contribution in [0.5, 0.6) is 0 Å². The first-order valence-corrected chi connectivity index (χ1v) is 6.86. The molecule has 0 saturated carbocycles. The quantitative estimate of drug-likeness (QED) is 0.427. The molecular weight excluding hydrogens is 242 g/mol. The van der Waals surface area contributed by atoms with Crippen molar-refractivity contribution in [1.29, 1.82) is 5.41 Å². The molecule has 1 amide bonds. The molecule has 2 heterocycles. The molecular formula is C13H23N5O. The Morgan fingerprint density at radius 3 is 2.89 bits per heavy atom. The summed E-state index contributed by atoms with van der Waals surface area (Å²) in [5.41, 5.74) is 0.898. The summed E-state index contributed by atoms with van der Waals surface area (Å²) in [7, 11) is 3.74. The van der Waals surface area contributed by atoms with Gasteiger partial charge in [0.25, 0.3) is 0 Å². The van der Waals surface area contributed by atoms with Gasteiger partial charge in [0.2, 0.25) is 5.91 Å². The second kappa shape index (κ2) is 6.06. The van der Waals surface area contributed by atoms with Crippen LogP contribution in [0.2, 0.25) is 0 Å². The van der Waals surface area contributed by atoms with Crippen molar-refractivity contribution in [1.82, 2.24) is 20.9 Å². The van der Waals surface area contributed by atoms with E-state index < -0.39 is 0 Å². The van der Waals surface area contributed by atoms with E-state index in [1.165, 1.54) is 0 Å². The Kier molecular flexibility index (Phi) is 4.42. The Labute approximate surface area is 114 Å². The van der Waals surface area contributed by atoms with Crippen LogP contribution in [0.15, 0.2) is 11.4 Å². The molecule has 0 bridgehead atoms. The zero-order valence-corrected chi connectivity index (χ0v) is 11.7. The first-order valence-electron chi connectivity index (χ1n) is 6.86. The highest BCUT2D eigenvalue weighted by Gasteiger charge is 2.26. The first-order chi connectivity index (χ1) is 9.13. The summed E-state index contributed by atoms with van der Waals surface area (Å²) in [5.74, 6) is 1.21. The molecule has 1 saturated heterocycles. The second-order valence-corrected chi connectivity index (χ2v) is 5.11. The lowest BCUT2D eigenvalue weighted by Crippen LogP contribution is -2.48. The van der Waals surface area contributed by atoms with Crippen molar-refractivity contribution in [3.63, 3.8) is 0 Å². The van der Waals surface area contributed by atoms with E-state index in [2.05, 4.69) is 16.0 Å². The van der Waals surface area contributed by atoms with Gasteiger partial charge in [0.15, 0.2) is 0 Å². The number of amides is 1. The number of nitrogens with one attached hydrogen (secondary N) is 4. The molecule has 0 aliphatic carbocycles. The van der Waals surface area contributed by atoms with Crippen molar-refractivity contribution in [3.8, 4) is 0 Å². The van der Waals surface area contributed by atoms with Crippen LogP contribution in [0.3, 0.4) is 0 Å². The minimum atomic E-state index is 0.0166. The van der Waals surface area contributed by atoms with Crippen molar-refractivity contribution in [2.75, 3.05) is 27.2 Å². The summed E-state index contributed by atoms with van der Waals surface area (Å²) in [6, 6.07) is 0.365. The molecule has 1 fully saturated rings. The molecule has 6 nitrogen and oxygen atoms in total. The second-order valence-electron chi connectivity index (χ2n) is 5.11. The van der Waals surface area contributed by atoms with E-state index in [0.29, 0.717) is 30.5 Å². The van der Waals surface area contributed by atoms with Gasteiger partial charge in [0.1, 0.15) is 11.7 Å². The molecule has 4 N–H and O–H groups in total. The molecule has 0 aromatic carbocycles. The van der Waals surface area contributed by atoms with E-state index in [9.17, 15) is 4.79 Å². The van der Waals surface area contributed by atoms with E-state index in [1.54, 1.807) is 7.05 Å². The number of amidine groups is 1. The number of piperidine rings is 1. The molecule has 6 heteroatoms. The number of rotatable bonds is 3. The minimum absolute atomic E-state index is 0.0166. The van der Waals surface area contributed by atoms with Crippen LogP contribution in [0.1, 0.15) is 25.7 Å². The van der Waals surface area contributed by atoms with Crippen molar-refractivity contribution in [3.05, 3.63) is 11.4 Å². The smallest absolute Gasteiger partial charge is 0.225 e. The third-order valence-corrected chi connectivity index (χ3v) is 3.88. The van der Waals surface area contributed by atoms with Crippen LogP contribution < -0.4 is 16.0 Å². The summed E-state index contributed by atoms with van der Waals surface area (Å²) in [4.78, 5) is 13.4. The summed E-state index contributed by atoms with van der Waals surface area (Å²) in [6.45, 7) is 1.99. The molecule has 2 aliphatic rings. The topological polar surface area (TPSA) is 80.2 Å². The lowest BCUT2D eigenvalue weighted by atomic mass is 10.0. The SMILES string of the molecule is CNC1=C(C(=N)N(C)[C@H]2CCCNC2)CCC(=O)N1. The maximum absolute atomic E-state index is 11.4. The maximum Gasteiger partial charge on any atom is 0.225 e. The van der Waals surface area contributed by atoms with Gasteiger partial charge in [0, 0.05) is 38.7 Å². The largest absolute Gasteiger partial charge is 0.374 e. The average Bonchev–Trinajstić information content (AvgIpc) is 2.46. The molecule has 2 aliphatic heterocycles. The Hall–Kier alpha value is -1.56. The minimum Gasteiger partial charge on any atom is -0.374 e. The van der Waals surface area contributed by atoms with Gasteiger partial charge in [-0.15, -0.1) is 0 Å². The number of carbonyl (C=O) groups is 1. The van der Waals surface area contributed by atoms with E-state index >= 15 is 0 Å². The average molecular weight is 265 g/mol. The predicted octanol–water partition coefficient (Wildman–Crippen LogP) is -0.0115. The fraction of sp³-hybridized carbons (Fsp3) is 0.692. The van der Waals surface area contributed by atoms with E-state index in [4.69, 9.17) is 5.41 Å². The van der Waals surface area contributed by atoms with Gasteiger partial charge in [-0.05, 0) is 25.8 Å². The predicted molar refractivity (Wildman–Crippen MR) is 74.8 cm³/mol. The van der Waals surface area contributed by atoms with Gasteiger partial charge < -0.3 is 20.9 Å². The van der Waals surface area contributed by atoms with Crippen LogP contribution in [0.4, 0.5) is 0 Å². The molecule has 2 rings (SSSR count). The zero-order valence-electron chi connectivity index (χ0n) is 11.7. The molecule has 0 unspecified atom stereocenters. The number of carbonyl (C=O) groups excluding carboxylic acids is 1. The third kappa shape index (κ3) is 3.07. The summed E-state index contributed by atoms with van der Waals surface area (Å²) >= 11 is 0. The van der Waals surface area contributed by atoms with Crippen molar-refractivity contribution < 1.29 is 4.79 Å². The normalized spacial score (nSPS) is 23.9. The Bertz CT molecular complexity index is 398. The maximum atomic E-state index is 11.4. The lowest BCUT2D eigenvalue weighted by molar-refractivity contribution is -0.120. The lowest BCUT2D eigenvalue weighted by Gasteiger charge is -2.35.